The van der Waals surface area contributed by atoms with Gasteiger partial charge in [0.25, 0.3) is 0 Å². The predicted molar refractivity (Wildman–Crippen MR) is 96.3 cm³/mol. The fourth-order valence-electron chi connectivity index (χ4n) is 2.52. The number of benzene rings is 2. The second-order valence-corrected chi connectivity index (χ2v) is 9.42. The third kappa shape index (κ3) is 3.84. The van der Waals surface area contributed by atoms with E-state index in [1.54, 1.807) is 24.3 Å². The molecule has 0 saturated carbocycles. The van der Waals surface area contributed by atoms with Crippen LogP contribution in [-0.2, 0) is 26.1 Å². The first-order valence-corrected chi connectivity index (χ1v) is 10.8. The van der Waals surface area contributed by atoms with E-state index in [1.807, 2.05) is 0 Å². The Bertz CT molecular complexity index is 1240. The molecular formula is C16H14F3N3O3S2. The van der Waals surface area contributed by atoms with Crippen LogP contribution in [0, 0.1) is 0 Å². The summed E-state index contributed by atoms with van der Waals surface area (Å²) in [7, 11) is -7.25. The Balaban J connectivity index is 2.17. The number of para-hydroxylation sites is 1. The first-order chi connectivity index (χ1) is 12.4. The molecule has 27 heavy (non-hydrogen) atoms. The molecule has 1 unspecified atom stereocenters. The molecule has 0 aliphatic rings. The van der Waals surface area contributed by atoms with E-state index in [1.165, 1.54) is 6.20 Å². The van der Waals surface area contributed by atoms with Gasteiger partial charge in [0.1, 0.15) is 15.6 Å². The van der Waals surface area contributed by atoms with Crippen LogP contribution in [-0.4, -0.2) is 22.9 Å². The number of hydrogen-bond donors (Lipinski definition) is 1. The molecule has 1 atom stereocenters. The summed E-state index contributed by atoms with van der Waals surface area (Å²) in [6.07, 6.45) is -2.36. The summed E-state index contributed by atoms with van der Waals surface area (Å²) in [5, 5.41) is 6.16. The minimum atomic E-state index is -4.53. The number of halogens is 3. The van der Waals surface area contributed by atoms with Gasteiger partial charge in [0.05, 0.1) is 22.2 Å². The van der Waals surface area contributed by atoms with E-state index in [4.69, 9.17) is 5.14 Å². The zero-order valence-electron chi connectivity index (χ0n) is 13.8. The topological polar surface area (TPSA) is 94.5 Å². The highest BCUT2D eigenvalue weighted by Gasteiger charge is 2.30. The van der Waals surface area contributed by atoms with E-state index in [-0.39, 0.29) is 10.6 Å². The molecule has 3 aromatic rings. The second-order valence-electron chi connectivity index (χ2n) is 5.77. The molecule has 0 fully saturated rings. The van der Waals surface area contributed by atoms with Crippen LogP contribution in [0.25, 0.3) is 10.9 Å². The fourth-order valence-corrected chi connectivity index (χ4v) is 4.39. The van der Waals surface area contributed by atoms with E-state index in [0.29, 0.717) is 10.9 Å². The Morgan fingerprint density at radius 1 is 1.00 bits per heavy atom. The van der Waals surface area contributed by atoms with Gasteiger partial charge in [-0.2, -0.15) is 17.5 Å². The molecule has 6 nitrogen and oxygen atoms in total. The van der Waals surface area contributed by atoms with Crippen molar-refractivity contribution in [3.63, 3.8) is 0 Å². The molecule has 2 N–H and O–H groups in total. The van der Waals surface area contributed by atoms with Crippen molar-refractivity contribution in [1.29, 1.82) is 0 Å². The molecule has 0 saturated heterocycles. The van der Waals surface area contributed by atoms with Gasteiger partial charge in [-0.25, -0.2) is 21.7 Å². The van der Waals surface area contributed by atoms with Gasteiger partial charge in [-0.3, -0.25) is 0 Å². The van der Waals surface area contributed by atoms with Crippen LogP contribution in [0.3, 0.4) is 0 Å². The number of alkyl halides is 3. The molecule has 11 heteroatoms. The maximum absolute atomic E-state index is 12.8. The molecule has 0 bridgehead atoms. The smallest absolute Gasteiger partial charge is 0.243 e. The van der Waals surface area contributed by atoms with Crippen molar-refractivity contribution in [1.82, 2.24) is 3.97 Å². The molecule has 0 aliphatic heterocycles. The molecule has 3 rings (SSSR count). The van der Waals surface area contributed by atoms with E-state index in [2.05, 4.69) is 4.36 Å². The summed E-state index contributed by atoms with van der Waals surface area (Å²) in [5.41, 5.74) is -0.528. The van der Waals surface area contributed by atoms with Crippen LogP contribution in [0.2, 0.25) is 0 Å². The molecular weight excluding hydrogens is 403 g/mol. The maximum atomic E-state index is 12.8. The third-order valence-electron chi connectivity index (χ3n) is 3.77. The van der Waals surface area contributed by atoms with Crippen molar-refractivity contribution in [3.05, 3.63) is 60.3 Å². The summed E-state index contributed by atoms with van der Waals surface area (Å²) in [6.45, 7) is 0. The molecule has 0 radical (unpaired) electrons. The minimum Gasteiger partial charge on any atom is -0.243 e. The van der Waals surface area contributed by atoms with Gasteiger partial charge in [0, 0.05) is 11.6 Å². The summed E-state index contributed by atoms with van der Waals surface area (Å²) in [5.74, 6) is 0. The largest absolute Gasteiger partial charge is 0.416 e. The lowest BCUT2D eigenvalue weighted by atomic mass is 10.2. The van der Waals surface area contributed by atoms with Crippen LogP contribution in [0.15, 0.2) is 64.0 Å². The van der Waals surface area contributed by atoms with E-state index in [9.17, 15) is 25.8 Å². The van der Waals surface area contributed by atoms with Gasteiger partial charge < -0.3 is 0 Å². The number of nitrogens with zero attached hydrogens (tertiary/aromatic N) is 2. The van der Waals surface area contributed by atoms with Crippen LogP contribution in [0.1, 0.15) is 5.56 Å². The average Bonchev–Trinajstić information content (AvgIpc) is 2.93. The lowest BCUT2D eigenvalue weighted by Gasteiger charge is -2.08. The highest BCUT2D eigenvalue weighted by atomic mass is 32.2. The first kappa shape index (κ1) is 19.4. The van der Waals surface area contributed by atoms with Crippen molar-refractivity contribution >= 4 is 36.5 Å². The number of hydrogen-bond acceptors (Lipinski definition) is 4. The molecule has 0 spiro atoms. The third-order valence-corrected chi connectivity index (χ3v) is 6.20. The molecule has 144 valence electrons. The standard InChI is InChI=1S/C16H14F3N3O3S2/c1-26(23,24)22-10-14(13-4-2-3-5-15(13)22)21-27(20,25)12-8-6-11(7-9-12)16(17,18)19/h2-10H,1H3,(H2,20,21,25). The van der Waals surface area contributed by atoms with Crippen molar-refractivity contribution in [2.24, 2.45) is 9.50 Å². The monoisotopic (exact) mass is 417 g/mol. The van der Waals surface area contributed by atoms with Gasteiger partial charge >= 0.3 is 6.18 Å². The molecule has 1 aromatic heterocycles. The number of aromatic nitrogens is 1. The minimum absolute atomic E-state index is 0.0587. The second kappa shape index (κ2) is 6.36. The van der Waals surface area contributed by atoms with Crippen LogP contribution in [0.4, 0.5) is 18.9 Å². The molecule has 0 aliphatic carbocycles. The normalized spacial score (nSPS) is 14.9. The number of fused-ring (bicyclic) bond motifs is 1. The van der Waals surface area contributed by atoms with Gasteiger partial charge in [-0.15, -0.1) is 0 Å². The molecule has 2 aromatic carbocycles. The van der Waals surface area contributed by atoms with Crippen molar-refractivity contribution < 1.29 is 25.8 Å². The first-order valence-electron chi connectivity index (χ1n) is 7.42. The van der Waals surface area contributed by atoms with Gasteiger partial charge in [0.15, 0.2) is 0 Å². The lowest BCUT2D eigenvalue weighted by Crippen LogP contribution is -2.13. The molecule has 1 heterocycles. The Morgan fingerprint density at radius 3 is 2.15 bits per heavy atom. The Labute approximate surface area is 153 Å². The van der Waals surface area contributed by atoms with Crippen LogP contribution in [0.5, 0.6) is 0 Å². The maximum Gasteiger partial charge on any atom is 0.416 e. The highest BCUT2D eigenvalue weighted by molar-refractivity contribution is 7.91. The van der Waals surface area contributed by atoms with Crippen LogP contribution >= 0.6 is 0 Å². The summed E-state index contributed by atoms with van der Waals surface area (Å²) < 4.78 is 79.6. The lowest BCUT2D eigenvalue weighted by molar-refractivity contribution is -0.137. The van der Waals surface area contributed by atoms with Crippen molar-refractivity contribution in [2.45, 2.75) is 11.1 Å². The number of nitrogens with two attached hydrogens (primary N) is 1. The zero-order chi connectivity index (χ0) is 20.0. The van der Waals surface area contributed by atoms with Gasteiger partial charge in [-0.1, -0.05) is 18.2 Å². The molecule has 0 amide bonds. The summed E-state index contributed by atoms with van der Waals surface area (Å²) >= 11 is 0. The van der Waals surface area contributed by atoms with E-state index < -0.39 is 31.7 Å². The SMILES string of the molecule is CS(=O)(=O)n1cc(N=S(N)(=O)c2ccc(C(F)(F)F)cc2)c2ccccc21. The van der Waals surface area contributed by atoms with E-state index >= 15 is 0 Å². The van der Waals surface area contributed by atoms with E-state index in [0.717, 1.165) is 34.5 Å². The predicted octanol–water partition coefficient (Wildman–Crippen LogP) is 3.50. The van der Waals surface area contributed by atoms with Gasteiger partial charge in [-0.05, 0) is 30.3 Å². The average molecular weight is 417 g/mol. The van der Waals surface area contributed by atoms with Crippen molar-refractivity contribution in [3.8, 4) is 0 Å². The Morgan fingerprint density at radius 2 is 1.59 bits per heavy atom. The van der Waals surface area contributed by atoms with Gasteiger partial charge in [0.2, 0.25) is 10.0 Å². The summed E-state index contributed by atoms with van der Waals surface area (Å²) in [6, 6.07) is 9.90. The fraction of sp³-hybridized carbons (Fsp3) is 0.125. The Kier molecular flexibility index (Phi) is 4.57. The highest BCUT2D eigenvalue weighted by Crippen LogP contribution is 2.32. The summed E-state index contributed by atoms with van der Waals surface area (Å²) in [4.78, 5) is -0.105. The Hall–Kier alpha value is -2.37. The van der Waals surface area contributed by atoms with Crippen LogP contribution < -0.4 is 5.14 Å². The zero-order valence-corrected chi connectivity index (χ0v) is 15.5. The number of rotatable bonds is 3. The van der Waals surface area contributed by atoms with Crippen molar-refractivity contribution in [2.75, 3.05) is 6.26 Å². The quantitative estimate of drug-likeness (QED) is 0.707.